The second kappa shape index (κ2) is 15.0. The topological polar surface area (TPSA) is 21.3 Å². The Morgan fingerprint density at radius 3 is 1.66 bits per heavy atom. The molecule has 0 radical (unpaired) electrons. The van der Waals surface area contributed by atoms with Crippen molar-refractivity contribution in [3.05, 3.63) is 243 Å². The number of furan rings is 1. The molecule has 3 heteroatoms. The summed E-state index contributed by atoms with van der Waals surface area (Å²) in [4.78, 5) is 2.38. The fourth-order valence-electron chi connectivity index (χ4n) is 10.1. The van der Waals surface area contributed by atoms with E-state index in [1.165, 1.54) is 43.5 Å². The highest BCUT2D eigenvalue weighted by atomic mass is 16.3. The Hall–Kier alpha value is -8.66. The molecule has 0 spiro atoms. The zero-order chi connectivity index (χ0) is 42.8. The minimum atomic E-state index is 0.886. The second-order valence-corrected chi connectivity index (χ2v) is 16.9. The SMILES string of the molecule is c1cc(-c2ccc3ccccc3c2)cc(N(c2ccc(-c3cccc(-n4c5ccccc5c5ccccc54)c3)cc2)c2cccc(-c3cccc4oc5c6ccccc6ccc5c34)c2)c1. The van der Waals surface area contributed by atoms with Crippen molar-refractivity contribution in [3.63, 3.8) is 0 Å². The van der Waals surface area contributed by atoms with E-state index in [2.05, 4.69) is 252 Å². The van der Waals surface area contributed by atoms with Gasteiger partial charge < -0.3 is 13.9 Å². The van der Waals surface area contributed by atoms with E-state index in [4.69, 9.17) is 4.42 Å². The van der Waals surface area contributed by atoms with E-state index in [9.17, 15) is 0 Å². The van der Waals surface area contributed by atoms with Crippen LogP contribution in [0.1, 0.15) is 0 Å². The monoisotopic (exact) mass is 828 g/mol. The normalized spacial score (nSPS) is 11.7. The van der Waals surface area contributed by atoms with Gasteiger partial charge in [-0.3, -0.25) is 0 Å². The molecular weight excluding hydrogens is 789 g/mol. The summed E-state index contributed by atoms with van der Waals surface area (Å²) in [5, 5.41) is 9.53. The number of hydrogen-bond donors (Lipinski definition) is 0. The highest BCUT2D eigenvalue weighted by molar-refractivity contribution is 6.19. The Labute approximate surface area is 376 Å². The first-order valence-corrected chi connectivity index (χ1v) is 22.2. The summed E-state index contributed by atoms with van der Waals surface area (Å²) in [6.07, 6.45) is 0. The van der Waals surface area contributed by atoms with Crippen molar-refractivity contribution < 1.29 is 4.42 Å². The van der Waals surface area contributed by atoms with Crippen molar-refractivity contribution in [1.29, 1.82) is 0 Å². The molecule has 0 fully saturated rings. The molecule has 0 aliphatic carbocycles. The zero-order valence-corrected chi connectivity index (χ0v) is 35.4. The summed E-state index contributed by atoms with van der Waals surface area (Å²) >= 11 is 0. The standard InChI is InChI=1S/C62H40N2O/c1-2-15-44-37-47(30-29-41(44)13-1)46-17-10-19-50(39-46)63(51-20-11-18-48(40-51)53-25-12-28-60-61(53)57-36-33-43-14-3-4-22-54(43)62(57)65-60)49-34-31-42(32-35-49)45-16-9-21-52(38-45)64-58-26-7-5-23-55(58)56-24-6-8-27-59(56)64/h1-40H. The van der Waals surface area contributed by atoms with E-state index in [-0.39, 0.29) is 0 Å². The molecular formula is C62H40N2O. The van der Waals surface area contributed by atoms with Crippen LogP contribution in [0.25, 0.3) is 104 Å². The van der Waals surface area contributed by atoms with Gasteiger partial charge in [-0.05, 0) is 128 Å². The lowest BCUT2D eigenvalue weighted by Crippen LogP contribution is -2.10. The maximum Gasteiger partial charge on any atom is 0.143 e. The van der Waals surface area contributed by atoms with Gasteiger partial charge in [0.05, 0.1) is 11.0 Å². The molecule has 0 bridgehead atoms. The maximum atomic E-state index is 6.63. The first-order chi connectivity index (χ1) is 32.2. The Morgan fingerprint density at radius 1 is 0.323 bits per heavy atom. The lowest BCUT2D eigenvalue weighted by atomic mass is 9.97. The van der Waals surface area contributed by atoms with Gasteiger partial charge in [0, 0.05) is 49.7 Å². The summed E-state index contributed by atoms with van der Waals surface area (Å²) in [7, 11) is 0. The molecule has 0 atom stereocenters. The first kappa shape index (κ1) is 36.9. The summed E-state index contributed by atoms with van der Waals surface area (Å²) in [5.41, 5.74) is 15.5. The van der Waals surface area contributed by atoms with Crippen LogP contribution >= 0.6 is 0 Å². The van der Waals surface area contributed by atoms with Crippen LogP contribution in [-0.2, 0) is 0 Å². The molecule has 13 aromatic rings. The van der Waals surface area contributed by atoms with Gasteiger partial charge in [0.25, 0.3) is 0 Å². The van der Waals surface area contributed by atoms with Crippen molar-refractivity contribution in [2.45, 2.75) is 0 Å². The van der Waals surface area contributed by atoms with Crippen molar-refractivity contribution >= 4 is 82.4 Å². The Balaban J connectivity index is 0.937. The molecule has 0 saturated heterocycles. The third-order valence-electron chi connectivity index (χ3n) is 13.1. The number of nitrogens with zero attached hydrogens (tertiary/aromatic N) is 2. The lowest BCUT2D eigenvalue weighted by molar-refractivity contribution is 0.673. The third-order valence-corrected chi connectivity index (χ3v) is 13.1. The summed E-state index contributed by atoms with van der Waals surface area (Å²) in [6, 6.07) is 87.7. The quantitative estimate of drug-likeness (QED) is 0.160. The molecule has 0 aliphatic rings. The van der Waals surface area contributed by atoms with Crippen LogP contribution in [0.2, 0.25) is 0 Å². The number of para-hydroxylation sites is 2. The van der Waals surface area contributed by atoms with Gasteiger partial charge in [-0.25, -0.2) is 0 Å². The van der Waals surface area contributed by atoms with Gasteiger partial charge in [0.1, 0.15) is 11.2 Å². The summed E-state index contributed by atoms with van der Waals surface area (Å²) in [5.74, 6) is 0. The van der Waals surface area contributed by atoms with Gasteiger partial charge in [-0.15, -0.1) is 0 Å². The van der Waals surface area contributed by atoms with E-state index < -0.39 is 0 Å². The summed E-state index contributed by atoms with van der Waals surface area (Å²) in [6.45, 7) is 0. The molecule has 0 N–H and O–H groups in total. The Morgan fingerprint density at radius 2 is 0.892 bits per heavy atom. The maximum absolute atomic E-state index is 6.63. The molecule has 2 heterocycles. The van der Waals surface area contributed by atoms with E-state index in [0.717, 1.165) is 77.9 Å². The largest absolute Gasteiger partial charge is 0.455 e. The smallest absolute Gasteiger partial charge is 0.143 e. The molecule has 13 rings (SSSR count). The highest BCUT2D eigenvalue weighted by Crippen LogP contribution is 2.43. The molecule has 0 saturated carbocycles. The van der Waals surface area contributed by atoms with Gasteiger partial charge >= 0.3 is 0 Å². The molecule has 11 aromatic carbocycles. The zero-order valence-electron chi connectivity index (χ0n) is 35.4. The van der Waals surface area contributed by atoms with Crippen molar-refractivity contribution in [3.8, 4) is 39.1 Å². The fraction of sp³-hybridized carbons (Fsp3) is 0. The summed E-state index contributed by atoms with van der Waals surface area (Å²) < 4.78 is 9.01. The number of anilines is 3. The van der Waals surface area contributed by atoms with Crippen LogP contribution in [0, 0.1) is 0 Å². The average Bonchev–Trinajstić information content (AvgIpc) is 3.93. The minimum absolute atomic E-state index is 0.886. The predicted molar refractivity (Wildman–Crippen MR) is 274 cm³/mol. The molecule has 304 valence electrons. The van der Waals surface area contributed by atoms with Crippen LogP contribution in [0.3, 0.4) is 0 Å². The average molecular weight is 829 g/mol. The van der Waals surface area contributed by atoms with E-state index in [0.29, 0.717) is 0 Å². The van der Waals surface area contributed by atoms with Crippen LogP contribution in [0.4, 0.5) is 17.1 Å². The first-order valence-electron chi connectivity index (χ1n) is 22.2. The predicted octanol–water partition coefficient (Wildman–Crippen LogP) is 17.5. The fourth-order valence-corrected chi connectivity index (χ4v) is 10.1. The lowest BCUT2D eigenvalue weighted by Gasteiger charge is -2.27. The van der Waals surface area contributed by atoms with E-state index in [1.54, 1.807) is 0 Å². The van der Waals surface area contributed by atoms with Gasteiger partial charge in [-0.1, -0.05) is 164 Å². The van der Waals surface area contributed by atoms with E-state index in [1.807, 2.05) is 0 Å². The number of hydrogen-bond acceptors (Lipinski definition) is 2. The number of aromatic nitrogens is 1. The number of rotatable bonds is 7. The molecule has 2 aromatic heterocycles. The molecule has 0 aliphatic heterocycles. The highest BCUT2D eigenvalue weighted by Gasteiger charge is 2.19. The molecule has 3 nitrogen and oxygen atoms in total. The van der Waals surface area contributed by atoms with Crippen molar-refractivity contribution in [2.75, 3.05) is 4.90 Å². The Kier molecular flexibility index (Phi) is 8.53. The molecule has 0 amide bonds. The minimum Gasteiger partial charge on any atom is -0.455 e. The second-order valence-electron chi connectivity index (χ2n) is 16.9. The molecule has 0 unspecified atom stereocenters. The molecule has 65 heavy (non-hydrogen) atoms. The van der Waals surface area contributed by atoms with Crippen molar-refractivity contribution in [2.24, 2.45) is 0 Å². The van der Waals surface area contributed by atoms with Crippen LogP contribution in [0.5, 0.6) is 0 Å². The van der Waals surface area contributed by atoms with Gasteiger partial charge in [0.15, 0.2) is 0 Å². The van der Waals surface area contributed by atoms with Gasteiger partial charge in [0.2, 0.25) is 0 Å². The van der Waals surface area contributed by atoms with E-state index >= 15 is 0 Å². The number of benzene rings is 11. The Bertz CT molecular complexity index is 3910. The van der Waals surface area contributed by atoms with Crippen molar-refractivity contribution in [1.82, 2.24) is 4.57 Å². The number of fused-ring (bicyclic) bond motifs is 9. The van der Waals surface area contributed by atoms with Crippen LogP contribution in [0.15, 0.2) is 247 Å². The van der Waals surface area contributed by atoms with Crippen LogP contribution < -0.4 is 4.90 Å². The third kappa shape index (κ3) is 6.20. The van der Waals surface area contributed by atoms with Crippen LogP contribution in [-0.4, -0.2) is 4.57 Å². The van der Waals surface area contributed by atoms with Gasteiger partial charge in [-0.2, -0.15) is 0 Å².